The van der Waals surface area contributed by atoms with E-state index in [0.29, 0.717) is 22.9 Å². The van der Waals surface area contributed by atoms with Crippen LogP contribution in [0.5, 0.6) is 0 Å². The molecule has 0 unspecified atom stereocenters. The van der Waals surface area contributed by atoms with Crippen LogP contribution in [0.3, 0.4) is 0 Å². The molecule has 1 aromatic heterocycles. The lowest BCUT2D eigenvalue weighted by Crippen LogP contribution is -2.38. The molecule has 2 aromatic rings. The van der Waals surface area contributed by atoms with E-state index in [9.17, 15) is 9.59 Å². The van der Waals surface area contributed by atoms with Gasteiger partial charge in [-0.05, 0) is 61.1 Å². The molecule has 2 saturated heterocycles. The lowest BCUT2D eigenvalue weighted by molar-refractivity contribution is -0.115. The molecule has 3 N–H and O–H groups in total. The Kier molecular flexibility index (Phi) is 7.08. The van der Waals surface area contributed by atoms with Gasteiger partial charge in [-0.25, -0.2) is 0 Å². The summed E-state index contributed by atoms with van der Waals surface area (Å²) in [4.78, 5) is 28.5. The van der Waals surface area contributed by atoms with E-state index in [-0.39, 0.29) is 11.8 Å². The first-order chi connectivity index (χ1) is 15.1. The second kappa shape index (κ2) is 10.1. The van der Waals surface area contributed by atoms with Crippen LogP contribution in [0, 0.1) is 0 Å². The van der Waals surface area contributed by atoms with Crippen LogP contribution in [-0.4, -0.2) is 61.2 Å². The van der Waals surface area contributed by atoms with Gasteiger partial charge in [0.25, 0.3) is 11.8 Å². The molecule has 2 aliphatic rings. The molecule has 0 spiro atoms. The van der Waals surface area contributed by atoms with Gasteiger partial charge < -0.3 is 15.4 Å². The first-order valence-corrected chi connectivity index (χ1v) is 11.4. The second-order valence-electron chi connectivity index (χ2n) is 7.31. The Morgan fingerprint density at radius 3 is 2.65 bits per heavy atom. The average molecular weight is 457 g/mol. The van der Waals surface area contributed by atoms with E-state index in [0.717, 1.165) is 54.6 Å². The number of carbonyl (C=O) groups is 2. The van der Waals surface area contributed by atoms with Gasteiger partial charge in [-0.1, -0.05) is 12.1 Å². The van der Waals surface area contributed by atoms with E-state index in [2.05, 4.69) is 20.9 Å². The summed E-state index contributed by atoms with van der Waals surface area (Å²) in [5, 5.41) is 8.71. The Balaban J connectivity index is 1.29. The number of rotatable bonds is 7. The first kappa shape index (κ1) is 21.6. The summed E-state index contributed by atoms with van der Waals surface area (Å²) in [6.07, 6.45) is 2.70. The molecule has 2 aliphatic heterocycles. The number of hydrogen-bond acceptors (Lipinski definition) is 6. The maximum absolute atomic E-state index is 12.4. The van der Waals surface area contributed by atoms with Crippen LogP contribution in [0.1, 0.15) is 21.7 Å². The van der Waals surface area contributed by atoms with E-state index in [1.807, 2.05) is 36.4 Å². The molecule has 0 aliphatic carbocycles. The van der Waals surface area contributed by atoms with Gasteiger partial charge in [-0.15, -0.1) is 11.3 Å². The summed E-state index contributed by atoms with van der Waals surface area (Å²) in [6, 6.07) is 11.5. The number of benzene rings is 1. The molecule has 7 nitrogen and oxygen atoms in total. The van der Waals surface area contributed by atoms with Crippen LogP contribution < -0.4 is 16.0 Å². The number of amides is 2. The third kappa shape index (κ3) is 5.76. The zero-order chi connectivity index (χ0) is 21.6. The molecule has 31 heavy (non-hydrogen) atoms. The van der Waals surface area contributed by atoms with Crippen LogP contribution >= 0.6 is 23.6 Å². The Labute approximate surface area is 190 Å². The molecule has 3 heterocycles. The van der Waals surface area contributed by atoms with Crippen LogP contribution in [0.25, 0.3) is 16.5 Å². The van der Waals surface area contributed by atoms with Crippen LogP contribution in [0.2, 0.25) is 0 Å². The summed E-state index contributed by atoms with van der Waals surface area (Å²) in [7, 11) is 0. The predicted molar refractivity (Wildman–Crippen MR) is 126 cm³/mol. The third-order valence-electron chi connectivity index (χ3n) is 5.11. The highest BCUT2D eigenvalue weighted by Gasteiger charge is 2.20. The normalized spacial score (nSPS) is 18.1. The fourth-order valence-corrected chi connectivity index (χ4v) is 4.59. The first-order valence-electron chi connectivity index (χ1n) is 10.2. The van der Waals surface area contributed by atoms with E-state index < -0.39 is 0 Å². The highest BCUT2D eigenvalue weighted by molar-refractivity contribution is 7.80. The lowest BCUT2D eigenvalue weighted by Gasteiger charge is -2.26. The Bertz CT molecular complexity index is 994. The van der Waals surface area contributed by atoms with Gasteiger partial charge in [0.15, 0.2) is 5.11 Å². The molecule has 0 atom stereocenters. The van der Waals surface area contributed by atoms with E-state index in [4.69, 9.17) is 17.0 Å². The number of thiophene rings is 1. The number of nitrogens with zero attached hydrogens (tertiary/aromatic N) is 1. The quantitative estimate of drug-likeness (QED) is 0.337. The Morgan fingerprint density at radius 1 is 1.16 bits per heavy atom. The molecule has 9 heteroatoms. The molecule has 0 radical (unpaired) electrons. The van der Waals surface area contributed by atoms with E-state index in [1.54, 1.807) is 17.4 Å². The number of nitrogens with one attached hydrogen (secondary N) is 3. The predicted octanol–water partition coefficient (Wildman–Crippen LogP) is 2.21. The highest BCUT2D eigenvalue weighted by Crippen LogP contribution is 2.29. The third-order valence-corrected chi connectivity index (χ3v) is 6.39. The van der Waals surface area contributed by atoms with Crippen molar-refractivity contribution in [1.82, 2.24) is 20.9 Å². The highest BCUT2D eigenvalue weighted by atomic mass is 32.1. The SMILES string of the molecule is O=C1NC(=S)N/C1=C/c1ccc(-c2ccc(C(=O)NCCCN3CCOCC3)cc2)s1. The smallest absolute Gasteiger partial charge is 0.273 e. The molecule has 4 rings (SSSR count). The van der Waals surface area contributed by atoms with Crippen LogP contribution in [0.4, 0.5) is 0 Å². The topological polar surface area (TPSA) is 82.7 Å². The molecular weight excluding hydrogens is 432 g/mol. The zero-order valence-corrected chi connectivity index (χ0v) is 18.6. The standard InChI is InChI=1S/C22H24N4O3S2/c27-20(23-8-1-9-26-10-12-29-13-11-26)16-4-2-15(3-5-16)19-7-6-17(31-19)14-18-21(28)25-22(30)24-18/h2-7,14H,1,8-13H2,(H,23,27)(H2,24,25,28,30)/b18-14+. The van der Waals surface area contributed by atoms with Crippen molar-refractivity contribution >= 4 is 46.6 Å². The number of thiocarbonyl (C=S) groups is 1. The monoisotopic (exact) mass is 456 g/mol. The zero-order valence-electron chi connectivity index (χ0n) is 17.0. The Hall–Kier alpha value is -2.59. The number of carbonyl (C=O) groups excluding carboxylic acids is 2. The fraction of sp³-hybridized carbons (Fsp3) is 0.318. The maximum atomic E-state index is 12.4. The van der Waals surface area contributed by atoms with Gasteiger partial charge in [-0.3, -0.25) is 19.8 Å². The molecule has 0 saturated carbocycles. The average Bonchev–Trinajstić information content (AvgIpc) is 3.38. The molecular formula is C22H24N4O3S2. The minimum absolute atomic E-state index is 0.0561. The van der Waals surface area contributed by atoms with Gasteiger partial charge in [-0.2, -0.15) is 0 Å². The van der Waals surface area contributed by atoms with Gasteiger partial charge in [0.2, 0.25) is 0 Å². The van der Waals surface area contributed by atoms with Crippen molar-refractivity contribution in [3.8, 4) is 10.4 Å². The van der Waals surface area contributed by atoms with Crippen molar-refractivity contribution < 1.29 is 14.3 Å². The van der Waals surface area contributed by atoms with Crippen LogP contribution in [0.15, 0.2) is 42.1 Å². The van der Waals surface area contributed by atoms with Crippen molar-refractivity contribution in [1.29, 1.82) is 0 Å². The fourth-order valence-electron chi connectivity index (χ4n) is 3.43. The van der Waals surface area contributed by atoms with E-state index >= 15 is 0 Å². The summed E-state index contributed by atoms with van der Waals surface area (Å²) in [6.45, 7) is 5.15. The van der Waals surface area contributed by atoms with Gasteiger partial charge >= 0.3 is 0 Å². The summed E-state index contributed by atoms with van der Waals surface area (Å²) >= 11 is 6.51. The largest absolute Gasteiger partial charge is 0.379 e. The van der Waals surface area contributed by atoms with Crippen molar-refractivity contribution in [2.24, 2.45) is 0 Å². The number of ether oxygens (including phenoxy) is 1. The second-order valence-corrected chi connectivity index (χ2v) is 8.83. The van der Waals surface area contributed by atoms with Crippen molar-refractivity contribution in [2.75, 3.05) is 39.4 Å². The van der Waals surface area contributed by atoms with Crippen LogP contribution in [-0.2, 0) is 9.53 Å². The number of morpholine rings is 1. The van der Waals surface area contributed by atoms with Gasteiger partial charge in [0.1, 0.15) is 5.70 Å². The molecule has 162 valence electrons. The van der Waals surface area contributed by atoms with Crippen molar-refractivity contribution in [2.45, 2.75) is 6.42 Å². The maximum Gasteiger partial charge on any atom is 0.273 e. The minimum Gasteiger partial charge on any atom is -0.379 e. The molecule has 0 bridgehead atoms. The van der Waals surface area contributed by atoms with Crippen molar-refractivity contribution in [3.05, 3.63) is 52.5 Å². The van der Waals surface area contributed by atoms with E-state index in [1.165, 1.54) is 0 Å². The van der Waals surface area contributed by atoms with Crippen molar-refractivity contribution in [3.63, 3.8) is 0 Å². The summed E-state index contributed by atoms with van der Waals surface area (Å²) in [5.41, 5.74) is 2.12. The molecule has 2 fully saturated rings. The summed E-state index contributed by atoms with van der Waals surface area (Å²) in [5.74, 6) is -0.278. The summed E-state index contributed by atoms with van der Waals surface area (Å²) < 4.78 is 5.35. The number of hydrogen-bond donors (Lipinski definition) is 3. The van der Waals surface area contributed by atoms with Gasteiger partial charge in [0, 0.05) is 35.0 Å². The molecule has 1 aromatic carbocycles. The lowest BCUT2D eigenvalue weighted by atomic mass is 10.1. The van der Waals surface area contributed by atoms with Gasteiger partial charge in [0.05, 0.1) is 13.2 Å². The minimum atomic E-state index is -0.222. The molecule has 2 amide bonds. The Morgan fingerprint density at radius 2 is 1.94 bits per heavy atom.